The summed E-state index contributed by atoms with van der Waals surface area (Å²) in [6.45, 7) is 1.78. The zero-order valence-electron chi connectivity index (χ0n) is 16.4. The number of hydrogen-bond acceptors (Lipinski definition) is 6. The molecule has 2 aromatic rings. The van der Waals surface area contributed by atoms with Gasteiger partial charge in [0.15, 0.2) is 21.3 Å². The van der Waals surface area contributed by atoms with Gasteiger partial charge in [-0.2, -0.15) is 0 Å². The Hall–Kier alpha value is -3.00. The molecule has 0 saturated heterocycles. The number of rotatable bonds is 7. The molecule has 2 rings (SSSR count). The molecule has 0 aliphatic rings. The lowest BCUT2D eigenvalue weighted by molar-refractivity contribution is -0.111. The van der Waals surface area contributed by atoms with Crippen LogP contribution in [0.3, 0.4) is 0 Å². The third-order valence-corrected chi connectivity index (χ3v) is 5.12. The number of benzene rings is 2. The van der Waals surface area contributed by atoms with Gasteiger partial charge in [-0.15, -0.1) is 0 Å². The van der Waals surface area contributed by atoms with Gasteiger partial charge < -0.3 is 19.5 Å². The third-order valence-electron chi connectivity index (χ3n) is 4.01. The van der Waals surface area contributed by atoms with Crippen LogP contribution >= 0.6 is 0 Å². The van der Waals surface area contributed by atoms with Crippen LogP contribution in [0.15, 0.2) is 41.3 Å². The summed E-state index contributed by atoms with van der Waals surface area (Å²) in [4.78, 5) is 12.4. The minimum Gasteiger partial charge on any atom is -0.493 e. The zero-order chi connectivity index (χ0) is 20.9. The van der Waals surface area contributed by atoms with Gasteiger partial charge in [0, 0.05) is 18.0 Å². The van der Waals surface area contributed by atoms with E-state index in [2.05, 4.69) is 5.32 Å². The summed E-state index contributed by atoms with van der Waals surface area (Å²) in [5.74, 6) is 1.000. The van der Waals surface area contributed by atoms with Gasteiger partial charge in [-0.1, -0.05) is 6.07 Å². The van der Waals surface area contributed by atoms with Crippen LogP contribution in [-0.4, -0.2) is 41.9 Å². The molecule has 1 amide bonds. The molecule has 150 valence electrons. The molecule has 0 saturated carbocycles. The fourth-order valence-electron chi connectivity index (χ4n) is 2.51. The highest BCUT2D eigenvalue weighted by Gasteiger charge is 2.13. The average Bonchev–Trinajstić information content (AvgIpc) is 2.66. The summed E-state index contributed by atoms with van der Waals surface area (Å²) in [6, 6.07) is 8.01. The standard InChI is InChI=1S/C20H23NO6S/c1-13-6-8-15(28(5,23)24)12-16(13)21-19(22)9-7-14-10-17(25-2)20(27-4)18(11-14)26-3/h6-12H,1-5H3,(H,21,22)/b9-7+. The first-order valence-electron chi connectivity index (χ1n) is 8.29. The van der Waals surface area contributed by atoms with Gasteiger partial charge in [0.2, 0.25) is 11.7 Å². The van der Waals surface area contributed by atoms with Gasteiger partial charge in [0.1, 0.15) is 0 Å². The monoisotopic (exact) mass is 405 g/mol. The molecule has 28 heavy (non-hydrogen) atoms. The van der Waals surface area contributed by atoms with E-state index in [-0.39, 0.29) is 4.90 Å². The predicted molar refractivity (Wildman–Crippen MR) is 108 cm³/mol. The maximum absolute atomic E-state index is 12.3. The van der Waals surface area contributed by atoms with Gasteiger partial charge in [0.25, 0.3) is 0 Å². The Labute approximate surface area is 164 Å². The van der Waals surface area contributed by atoms with Crippen molar-refractivity contribution in [2.24, 2.45) is 0 Å². The largest absolute Gasteiger partial charge is 0.493 e. The van der Waals surface area contributed by atoms with Crippen molar-refractivity contribution in [2.45, 2.75) is 11.8 Å². The van der Waals surface area contributed by atoms with Crippen LogP contribution in [0.4, 0.5) is 5.69 Å². The number of aryl methyl sites for hydroxylation is 1. The average molecular weight is 405 g/mol. The molecule has 0 radical (unpaired) electrons. The summed E-state index contributed by atoms with van der Waals surface area (Å²) in [5, 5.41) is 2.70. The summed E-state index contributed by atoms with van der Waals surface area (Å²) >= 11 is 0. The quantitative estimate of drug-likeness (QED) is 0.712. The second kappa shape index (κ2) is 8.79. The number of nitrogens with one attached hydrogen (secondary N) is 1. The predicted octanol–water partition coefficient (Wildman–Crippen LogP) is 3.08. The second-order valence-corrected chi connectivity index (χ2v) is 8.05. The molecule has 1 N–H and O–H groups in total. The van der Waals surface area contributed by atoms with E-state index in [1.807, 2.05) is 0 Å². The first-order chi connectivity index (χ1) is 13.2. The number of anilines is 1. The van der Waals surface area contributed by atoms with E-state index in [1.165, 1.54) is 39.5 Å². The Bertz CT molecular complexity index is 986. The number of amides is 1. The Balaban J connectivity index is 2.25. The van der Waals surface area contributed by atoms with Crippen LogP contribution in [0.2, 0.25) is 0 Å². The zero-order valence-corrected chi connectivity index (χ0v) is 17.2. The fraction of sp³-hybridized carbons (Fsp3) is 0.250. The summed E-state index contributed by atoms with van der Waals surface area (Å²) in [6.07, 6.45) is 4.05. The number of sulfone groups is 1. The molecule has 0 heterocycles. The van der Waals surface area contributed by atoms with Crippen LogP contribution in [-0.2, 0) is 14.6 Å². The third kappa shape index (κ3) is 5.04. The molecule has 7 nitrogen and oxygen atoms in total. The van der Waals surface area contributed by atoms with Crippen LogP contribution < -0.4 is 19.5 Å². The van der Waals surface area contributed by atoms with E-state index in [4.69, 9.17) is 14.2 Å². The fourth-order valence-corrected chi connectivity index (χ4v) is 3.16. The van der Waals surface area contributed by atoms with Crippen molar-refractivity contribution in [3.8, 4) is 17.2 Å². The lowest BCUT2D eigenvalue weighted by atomic mass is 10.1. The van der Waals surface area contributed by atoms with Crippen LogP contribution in [0.1, 0.15) is 11.1 Å². The number of methoxy groups -OCH3 is 3. The minimum atomic E-state index is -3.36. The number of carbonyl (C=O) groups is 1. The van der Waals surface area contributed by atoms with E-state index in [0.29, 0.717) is 28.5 Å². The highest BCUT2D eigenvalue weighted by molar-refractivity contribution is 7.90. The lowest BCUT2D eigenvalue weighted by Crippen LogP contribution is -2.10. The van der Waals surface area contributed by atoms with Crippen molar-refractivity contribution in [3.63, 3.8) is 0 Å². The molecule has 0 unspecified atom stereocenters. The number of carbonyl (C=O) groups excluding carboxylic acids is 1. The van der Waals surface area contributed by atoms with E-state index in [0.717, 1.165) is 11.8 Å². The summed E-state index contributed by atoms with van der Waals surface area (Å²) in [7, 11) is 1.16. The SMILES string of the molecule is COc1cc(/C=C/C(=O)Nc2cc(S(C)(=O)=O)ccc2C)cc(OC)c1OC. The first-order valence-corrected chi connectivity index (χ1v) is 10.2. The van der Waals surface area contributed by atoms with Gasteiger partial charge in [-0.05, 0) is 48.4 Å². The van der Waals surface area contributed by atoms with Crippen molar-refractivity contribution in [1.29, 1.82) is 0 Å². The Kier molecular flexibility index (Phi) is 6.69. The summed E-state index contributed by atoms with van der Waals surface area (Å²) < 4.78 is 39.3. The minimum absolute atomic E-state index is 0.141. The van der Waals surface area contributed by atoms with E-state index in [1.54, 1.807) is 31.2 Å². The molecule has 0 aliphatic carbocycles. The molecule has 2 aromatic carbocycles. The smallest absolute Gasteiger partial charge is 0.248 e. The molecule has 0 atom stereocenters. The highest BCUT2D eigenvalue weighted by atomic mass is 32.2. The van der Waals surface area contributed by atoms with E-state index in [9.17, 15) is 13.2 Å². The number of ether oxygens (including phenoxy) is 3. The highest BCUT2D eigenvalue weighted by Crippen LogP contribution is 2.38. The Morgan fingerprint density at radius 2 is 1.61 bits per heavy atom. The van der Waals surface area contributed by atoms with Gasteiger partial charge in [-0.3, -0.25) is 4.79 Å². The molecule has 0 bridgehead atoms. The molecule has 0 fully saturated rings. The normalized spacial score (nSPS) is 11.3. The molecule has 8 heteroatoms. The van der Waals surface area contributed by atoms with Gasteiger partial charge in [-0.25, -0.2) is 8.42 Å². The van der Waals surface area contributed by atoms with Crippen molar-refractivity contribution in [1.82, 2.24) is 0 Å². The van der Waals surface area contributed by atoms with E-state index >= 15 is 0 Å². The Morgan fingerprint density at radius 3 is 2.11 bits per heavy atom. The molecule has 0 aromatic heterocycles. The molecule has 0 spiro atoms. The Morgan fingerprint density at radius 1 is 1.00 bits per heavy atom. The van der Waals surface area contributed by atoms with Crippen molar-refractivity contribution in [3.05, 3.63) is 47.5 Å². The van der Waals surface area contributed by atoms with Crippen molar-refractivity contribution >= 4 is 27.5 Å². The van der Waals surface area contributed by atoms with Crippen LogP contribution in [0.5, 0.6) is 17.2 Å². The van der Waals surface area contributed by atoms with Crippen LogP contribution in [0.25, 0.3) is 6.08 Å². The molecular formula is C20H23NO6S. The maximum Gasteiger partial charge on any atom is 0.248 e. The second-order valence-electron chi connectivity index (χ2n) is 6.03. The first kappa shape index (κ1) is 21.3. The number of hydrogen-bond donors (Lipinski definition) is 1. The van der Waals surface area contributed by atoms with E-state index < -0.39 is 15.7 Å². The van der Waals surface area contributed by atoms with Crippen molar-refractivity contribution in [2.75, 3.05) is 32.9 Å². The molecular weight excluding hydrogens is 382 g/mol. The van der Waals surface area contributed by atoms with Crippen molar-refractivity contribution < 1.29 is 27.4 Å². The summed E-state index contributed by atoms with van der Waals surface area (Å²) in [5.41, 5.74) is 1.86. The maximum atomic E-state index is 12.3. The molecule has 0 aliphatic heterocycles. The lowest BCUT2D eigenvalue weighted by Gasteiger charge is -2.13. The van der Waals surface area contributed by atoms with Gasteiger partial charge in [0.05, 0.1) is 26.2 Å². The topological polar surface area (TPSA) is 90.9 Å². The van der Waals surface area contributed by atoms with Gasteiger partial charge >= 0.3 is 0 Å². The van der Waals surface area contributed by atoms with Crippen LogP contribution in [0, 0.1) is 6.92 Å².